The van der Waals surface area contributed by atoms with Crippen molar-refractivity contribution in [2.24, 2.45) is 0 Å². The number of amides is 1. The molecule has 31 heavy (non-hydrogen) atoms. The van der Waals surface area contributed by atoms with Crippen LogP contribution in [0.25, 0.3) is 0 Å². The highest BCUT2D eigenvalue weighted by atomic mass is 16.5. The second-order valence-electron chi connectivity index (χ2n) is 8.59. The second kappa shape index (κ2) is 9.18. The fourth-order valence-corrected chi connectivity index (χ4v) is 4.91. The number of para-hydroxylation sites is 1. The lowest BCUT2D eigenvalue weighted by atomic mass is 10.0. The largest absolute Gasteiger partial charge is 0.490 e. The minimum absolute atomic E-state index is 0.244. The monoisotopic (exact) mass is 421 g/mol. The number of fused-ring (bicyclic) bond motifs is 1. The molecular formula is C25H31N3O3. The van der Waals surface area contributed by atoms with E-state index in [0.717, 1.165) is 63.5 Å². The van der Waals surface area contributed by atoms with Crippen molar-refractivity contribution >= 4 is 11.6 Å². The van der Waals surface area contributed by atoms with Gasteiger partial charge in [0.2, 0.25) is 5.91 Å². The van der Waals surface area contributed by atoms with Gasteiger partial charge in [0.15, 0.2) is 11.5 Å². The first kappa shape index (κ1) is 20.2. The Bertz CT molecular complexity index is 896. The Balaban J connectivity index is 1.20. The van der Waals surface area contributed by atoms with Crippen LogP contribution in [0.15, 0.2) is 48.5 Å². The molecule has 1 amide bonds. The highest BCUT2D eigenvalue weighted by Crippen LogP contribution is 2.37. The molecule has 2 fully saturated rings. The predicted octanol–water partition coefficient (Wildman–Crippen LogP) is 3.33. The lowest BCUT2D eigenvalue weighted by Crippen LogP contribution is -2.51. The number of hydrogen-bond donors (Lipinski definition) is 0. The van der Waals surface area contributed by atoms with E-state index in [-0.39, 0.29) is 11.9 Å². The first-order valence-corrected chi connectivity index (χ1v) is 11.5. The van der Waals surface area contributed by atoms with Crippen LogP contribution in [0.4, 0.5) is 5.69 Å². The van der Waals surface area contributed by atoms with Gasteiger partial charge in [0, 0.05) is 44.3 Å². The summed E-state index contributed by atoms with van der Waals surface area (Å²) in [5.41, 5.74) is 2.46. The van der Waals surface area contributed by atoms with Crippen molar-refractivity contribution in [2.45, 2.75) is 25.3 Å². The van der Waals surface area contributed by atoms with E-state index < -0.39 is 0 Å². The number of ether oxygens (including phenoxy) is 2. The number of piperazine rings is 1. The van der Waals surface area contributed by atoms with E-state index in [0.29, 0.717) is 19.8 Å². The van der Waals surface area contributed by atoms with Crippen LogP contribution in [0.1, 0.15) is 30.9 Å². The zero-order valence-electron chi connectivity index (χ0n) is 18.0. The number of carbonyl (C=O) groups excluding carboxylic acids is 1. The lowest BCUT2D eigenvalue weighted by Gasteiger charge is -2.37. The second-order valence-corrected chi connectivity index (χ2v) is 8.59. The average Bonchev–Trinajstić information content (AvgIpc) is 3.15. The van der Waals surface area contributed by atoms with E-state index in [1.807, 2.05) is 17.0 Å². The zero-order valence-corrected chi connectivity index (χ0v) is 18.0. The molecule has 0 radical (unpaired) electrons. The molecule has 1 atom stereocenters. The molecule has 2 aromatic carbocycles. The van der Waals surface area contributed by atoms with Gasteiger partial charge in [-0.3, -0.25) is 9.69 Å². The number of nitrogens with zero attached hydrogens (tertiary/aromatic N) is 3. The number of benzene rings is 2. The van der Waals surface area contributed by atoms with Crippen LogP contribution in [-0.4, -0.2) is 68.2 Å². The molecule has 3 aliphatic heterocycles. The van der Waals surface area contributed by atoms with Crippen LogP contribution < -0.4 is 14.4 Å². The van der Waals surface area contributed by atoms with Gasteiger partial charge in [-0.2, -0.15) is 0 Å². The van der Waals surface area contributed by atoms with Crippen molar-refractivity contribution < 1.29 is 14.3 Å². The predicted molar refractivity (Wildman–Crippen MR) is 121 cm³/mol. The van der Waals surface area contributed by atoms with E-state index >= 15 is 0 Å². The van der Waals surface area contributed by atoms with Crippen molar-refractivity contribution in [2.75, 3.05) is 57.4 Å². The van der Waals surface area contributed by atoms with E-state index in [1.54, 1.807) is 0 Å². The van der Waals surface area contributed by atoms with Gasteiger partial charge in [0.25, 0.3) is 0 Å². The Morgan fingerprint density at radius 1 is 0.871 bits per heavy atom. The molecule has 0 spiro atoms. The Kier molecular flexibility index (Phi) is 5.98. The smallest absolute Gasteiger partial charge is 0.236 e. The molecule has 0 bridgehead atoms. The Morgan fingerprint density at radius 3 is 2.45 bits per heavy atom. The van der Waals surface area contributed by atoms with Crippen molar-refractivity contribution in [1.29, 1.82) is 0 Å². The summed E-state index contributed by atoms with van der Waals surface area (Å²) < 4.78 is 11.7. The van der Waals surface area contributed by atoms with E-state index in [1.165, 1.54) is 11.3 Å². The normalized spacial score (nSPS) is 21.7. The molecule has 5 rings (SSSR count). The molecule has 6 heteroatoms. The van der Waals surface area contributed by atoms with Crippen LogP contribution in [0.2, 0.25) is 0 Å². The summed E-state index contributed by atoms with van der Waals surface area (Å²) in [6.07, 6.45) is 3.11. The maximum Gasteiger partial charge on any atom is 0.236 e. The zero-order chi connectivity index (χ0) is 21.0. The number of hydrogen-bond acceptors (Lipinski definition) is 5. The molecule has 0 aromatic heterocycles. The van der Waals surface area contributed by atoms with Crippen molar-refractivity contribution in [3.8, 4) is 11.5 Å². The van der Waals surface area contributed by atoms with Gasteiger partial charge >= 0.3 is 0 Å². The fourth-order valence-electron chi connectivity index (χ4n) is 4.91. The minimum atomic E-state index is 0.244. The van der Waals surface area contributed by atoms with Crippen molar-refractivity contribution in [1.82, 2.24) is 9.80 Å². The van der Waals surface area contributed by atoms with Crippen LogP contribution >= 0.6 is 0 Å². The summed E-state index contributed by atoms with van der Waals surface area (Å²) in [5.74, 6) is 1.91. The van der Waals surface area contributed by atoms with Gasteiger partial charge in [-0.25, -0.2) is 0 Å². The summed E-state index contributed by atoms with van der Waals surface area (Å²) >= 11 is 0. The Hall–Kier alpha value is -2.73. The maximum absolute atomic E-state index is 13.1. The highest BCUT2D eigenvalue weighted by molar-refractivity contribution is 5.78. The minimum Gasteiger partial charge on any atom is -0.490 e. The topological polar surface area (TPSA) is 45.3 Å². The SMILES string of the molecule is O=C(CN1CCC[C@H]1c1ccc2c(c1)OCCCO2)N1CCN(c2ccccc2)CC1. The molecule has 6 nitrogen and oxygen atoms in total. The van der Waals surface area contributed by atoms with Crippen molar-refractivity contribution in [3.05, 3.63) is 54.1 Å². The molecule has 2 aromatic rings. The van der Waals surface area contributed by atoms with E-state index in [9.17, 15) is 4.79 Å². The first-order chi connectivity index (χ1) is 15.3. The number of anilines is 1. The lowest BCUT2D eigenvalue weighted by molar-refractivity contribution is -0.133. The fraction of sp³-hybridized carbons (Fsp3) is 0.480. The number of likely N-dealkylation sites (tertiary alicyclic amines) is 1. The average molecular weight is 422 g/mol. The van der Waals surface area contributed by atoms with Gasteiger partial charge in [-0.05, 0) is 49.2 Å². The molecule has 0 saturated carbocycles. The standard InChI is InChI=1S/C25H31N3O3/c29-25(27-14-12-26(13-15-27)21-6-2-1-3-7-21)19-28-11-4-8-22(28)20-9-10-23-24(18-20)31-17-5-16-30-23/h1-3,6-7,9-10,18,22H,4-5,8,11-17,19H2/t22-/m0/s1. The molecule has 3 aliphatic rings. The Morgan fingerprint density at radius 2 is 1.65 bits per heavy atom. The quantitative estimate of drug-likeness (QED) is 0.758. The van der Waals surface area contributed by atoms with Gasteiger partial charge in [-0.15, -0.1) is 0 Å². The molecule has 164 valence electrons. The number of rotatable bonds is 4. The molecule has 2 saturated heterocycles. The summed E-state index contributed by atoms with van der Waals surface area (Å²) in [6.45, 7) is 6.21. The highest BCUT2D eigenvalue weighted by Gasteiger charge is 2.31. The molecule has 0 aliphatic carbocycles. The van der Waals surface area contributed by atoms with Gasteiger partial charge < -0.3 is 19.3 Å². The molecule has 3 heterocycles. The van der Waals surface area contributed by atoms with Gasteiger partial charge in [0.05, 0.1) is 19.8 Å². The summed E-state index contributed by atoms with van der Waals surface area (Å²) in [5, 5.41) is 0. The van der Waals surface area contributed by atoms with Gasteiger partial charge in [0.1, 0.15) is 0 Å². The third kappa shape index (κ3) is 4.49. The summed E-state index contributed by atoms with van der Waals surface area (Å²) in [4.78, 5) is 19.8. The van der Waals surface area contributed by atoms with Crippen LogP contribution in [-0.2, 0) is 4.79 Å². The van der Waals surface area contributed by atoms with Crippen LogP contribution in [0, 0.1) is 0 Å². The third-order valence-electron chi connectivity index (χ3n) is 6.61. The van der Waals surface area contributed by atoms with E-state index in [4.69, 9.17) is 9.47 Å². The van der Waals surface area contributed by atoms with Crippen molar-refractivity contribution in [3.63, 3.8) is 0 Å². The van der Waals surface area contributed by atoms with E-state index in [2.05, 4.69) is 46.2 Å². The Labute approximate surface area is 184 Å². The van der Waals surface area contributed by atoms with Crippen LogP contribution in [0.3, 0.4) is 0 Å². The number of carbonyl (C=O) groups is 1. The third-order valence-corrected chi connectivity index (χ3v) is 6.61. The summed E-state index contributed by atoms with van der Waals surface area (Å²) in [6, 6.07) is 17.0. The van der Waals surface area contributed by atoms with Gasteiger partial charge in [-0.1, -0.05) is 24.3 Å². The molecule has 0 N–H and O–H groups in total. The summed E-state index contributed by atoms with van der Waals surface area (Å²) in [7, 11) is 0. The molecule has 0 unspecified atom stereocenters. The van der Waals surface area contributed by atoms with Crippen LogP contribution in [0.5, 0.6) is 11.5 Å². The molecular weight excluding hydrogens is 390 g/mol. The first-order valence-electron chi connectivity index (χ1n) is 11.5. The maximum atomic E-state index is 13.1.